The van der Waals surface area contributed by atoms with E-state index in [0.29, 0.717) is 49.0 Å². The van der Waals surface area contributed by atoms with E-state index in [1.807, 2.05) is 58.0 Å². The normalized spacial score (nSPS) is 12.3. The smallest absolute Gasteiger partial charge is 0.242 e. The molecule has 2 aromatic carbocycles. The van der Waals surface area contributed by atoms with E-state index in [2.05, 4.69) is 5.32 Å². The van der Waals surface area contributed by atoms with Crippen LogP contribution in [0.3, 0.4) is 0 Å². The van der Waals surface area contributed by atoms with Crippen molar-refractivity contribution in [2.45, 2.75) is 59.4 Å². The van der Waals surface area contributed by atoms with Crippen LogP contribution in [-0.2, 0) is 26.0 Å². The Hall–Kier alpha value is -2.58. The van der Waals surface area contributed by atoms with Crippen LogP contribution in [0.15, 0.2) is 48.5 Å². The van der Waals surface area contributed by atoms with Crippen LogP contribution in [0.25, 0.3) is 0 Å². The molecule has 0 aromatic heterocycles. The number of halogens is 1. The average Bonchev–Trinajstić information content (AvgIpc) is 2.84. The first-order chi connectivity index (χ1) is 17.4. The first-order valence-corrected chi connectivity index (χ1v) is 15.0. The van der Waals surface area contributed by atoms with Gasteiger partial charge in [-0.15, -0.1) is 0 Å². The summed E-state index contributed by atoms with van der Waals surface area (Å²) in [5.41, 5.74) is 2.36. The van der Waals surface area contributed by atoms with Gasteiger partial charge >= 0.3 is 0 Å². The Morgan fingerprint density at radius 1 is 1.05 bits per heavy atom. The summed E-state index contributed by atoms with van der Waals surface area (Å²) in [5.74, 6) is -0.0319. The van der Waals surface area contributed by atoms with E-state index in [9.17, 15) is 18.0 Å². The van der Waals surface area contributed by atoms with Gasteiger partial charge in [0, 0.05) is 31.1 Å². The number of benzene rings is 2. The maximum absolute atomic E-state index is 13.5. The molecule has 0 radical (unpaired) electrons. The second kappa shape index (κ2) is 14.4. The number of rotatable bonds is 14. The zero-order valence-electron chi connectivity index (χ0n) is 22.5. The van der Waals surface area contributed by atoms with Crippen LogP contribution in [0.4, 0.5) is 5.69 Å². The molecule has 0 bridgehead atoms. The van der Waals surface area contributed by atoms with Gasteiger partial charge in [-0.25, -0.2) is 8.42 Å². The van der Waals surface area contributed by atoms with E-state index in [4.69, 9.17) is 11.6 Å². The van der Waals surface area contributed by atoms with Crippen molar-refractivity contribution in [2.24, 2.45) is 5.92 Å². The van der Waals surface area contributed by atoms with Gasteiger partial charge < -0.3 is 10.2 Å². The molecule has 0 heterocycles. The molecule has 204 valence electrons. The largest absolute Gasteiger partial charge is 0.354 e. The van der Waals surface area contributed by atoms with Gasteiger partial charge in [-0.2, -0.15) is 0 Å². The lowest BCUT2D eigenvalue weighted by Crippen LogP contribution is -2.50. The highest BCUT2D eigenvalue weighted by Gasteiger charge is 2.28. The molecule has 9 heteroatoms. The van der Waals surface area contributed by atoms with Crippen LogP contribution in [0.2, 0.25) is 5.02 Å². The lowest BCUT2D eigenvalue weighted by Gasteiger charge is -2.31. The van der Waals surface area contributed by atoms with Gasteiger partial charge in [0.05, 0.1) is 11.9 Å². The Balaban J connectivity index is 2.18. The van der Waals surface area contributed by atoms with Crippen molar-refractivity contribution >= 4 is 39.1 Å². The van der Waals surface area contributed by atoms with Gasteiger partial charge in [-0.05, 0) is 55.4 Å². The van der Waals surface area contributed by atoms with E-state index >= 15 is 0 Å². The molecule has 0 aliphatic carbocycles. The Morgan fingerprint density at radius 3 is 2.32 bits per heavy atom. The van der Waals surface area contributed by atoms with Crippen molar-refractivity contribution in [2.75, 3.05) is 30.2 Å². The Labute approximate surface area is 227 Å². The molecular formula is C28H40ClN3O4S. The van der Waals surface area contributed by atoms with Crippen LogP contribution in [0.1, 0.15) is 51.2 Å². The molecule has 0 saturated carbocycles. The Kier molecular flexibility index (Phi) is 11.9. The zero-order chi connectivity index (χ0) is 27.6. The van der Waals surface area contributed by atoms with E-state index in [1.54, 1.807) is 23.1 Å². The van der Waals surface area contributed by atoms with Crippen LogP contribution >= 0.6 is 11.6 Å². The fraction of sp³-hybridized carbons (Fsp3) is 0.500. The second-order valence-corrected chi connectivity index (χ2v) is 12.1. The number of hydrogen-bond donors (Lipinski definition) is 1. The van der Waals surface area contributed by atoms with Gasteiger partial charge in [-0.3, -0.25) is 13.9 Å². The van der Waals surface area contributed by atoms with Crippen molar-refractivity contribution in [3.8, 4) is 0 Å². The van der Waals surface area contributed by atoms with Crippen LogP contribution in [0, 0.1) is 12.8 Å². The van der Waals surface area contributed by atoms with E-state index < -0.39 is 16.1 Å². The molecule has 37 heavy (non-hydrogen) atoms. The molecule has 0 spiro atoms. The van der Waals surface area contributed by atoms with E-state index in [-0.39, 0.29) is 24.8 Å². The SMILES string of the molecule is CC[C@@H](C(=O)NCC(C)C)N(CCc1ccccc1)C(=O)CCCN(c1cc(Cl)ccc1C)S(C)(=O)=O. The summed E-state index contributed by atoms with van der Waals surface area (Å²) < 4.78 is 26.4. The maximum Gasteiger partial charge on any atom is 0.242 e. The summed E-state index contributed by atoms with van der Waals surface area (Å²) in [5, 5.41) is 3.40. The van der Waals surface area contributed by atoms with Crippen LogP contribution in [-0.4, -0.2) is 57.1 Å². The number of carbonyl (C=O) groups is 2. The fourth-order valence-electron chi connectivity index (χ4n) is 4.15. The summed E-state index contributed by atoms with van der Waals surface area (Å²) in [6.45, 7) is 8.84. The highest BCUT2D eigenvalue weighted by Crippen LogP contribution is 2.27. The molecule has 0 saturated heterocycles. The number of nitrogens with zero attached hydrogens (tertiary/aromatic N) is 2. The minimum atomic E-state index is -3.59. The van der Waals surface area contributed by atoms with E-state index in [1.165, 1.54) is 4.31 Å². The first-order valence-electron chi connectivity index (χ1n) is 12.8. The van der Waals surface area contributed by atoms with Gasteiger partial charge in [0.2, 0.25) is 21.8 Å². The van der Waals surface area contributed by atoms with Crippen molar-refractivity contribution < 1.29 is 18.0 Å². The van der Waals surface area contributed by atoms with Crippen molar-refractivity contribution in [3.05, 3.63) is 64.7 Å². The van der Waals surface area contributed by atoms with E-state index in [0.717, 1.165) is 17.4 Å². The lowest BCUT2D eigenvalue weighted by atomic mass is 10.1. The quantitative estimate of drug-likeness (QED) is 0.366. The number of sulfonamides is 1. The standard InChI is InChI=1S/C28H40ClN3O4S/c1-6-25(28(34)30-20-21(2)3)31(18-16-23-11-8-7-9-12-23)27(33)13-10-17-32(37(5,35)36)26-19-24(29)15-14-22(26)4/h7-9,11-12,14-15,19,21,25H,6,10,13,16-18,20H2,1-5H3,(H,30,34)/t25-/m0/s1. The van der Waals surface area contributed by atoms with Crippen molar-refractivity contribution in [1.82, 2.24) is 10.2 Å². The molecule has 7 nitrogen and oxygen atoms in total. The number of nitrogens with one attached hydrogen (secondary N) is 1. The number of aryl methyl sites for hydroxylation is 1. The Bertz CT molecular complexity index is 1140. The van der Waals surface area contributed by atoms with Crippen LogP contribution in [0.5, 0.6) is 0 Å². The molecule has 2 amide bonds. The molecule has 0 unspecified atom stereocenters. The Morgan fingerprint density at radius 2 is 1.73 bits per heavy atom. The molecule has 0 aliphatic rings. The molecular weight excluding hydrogens is 510 g/mol. The number of amides is 2. The predicted octanol–water partition coefficient (Wildman–Crippen LogP) is 4.82. The third kappa shape index (κ3) is 9.67. The van der Waals surface area contributed by atoms with Crippen molar-refractivity contribution in [1.29, 1.82) is 0 Å². The van der Waals surface area contributed by atoms with Gasteiger partial charge in [-0.1, -0.05) is 68.8 Å². The molecule has 1 atom stereocenters. The lowest BCUT2D eigenvalue weighted by molar-refractivity contribution is -0.140. The first kappa shape index (κ1) is 30.6. The van der Waals surface area contributed by atoms with Gasteiger partial charge in [0.15, 0.2) is 0 Å². The minimum absolute atomic E-state index is 0.119. The minimum Gasteiger partial charge on any atom is -0.354 e. The summed E-state index contributed by atoms with van der Waals surface area (Å²) in [6, 6.07) is 14.4. The van der Waals surface area contributed by atoms with Gasteiger partial charge in [0.1, 0.15) is 6.04 Å². The topological polar surface area (TPSA) is 86.8 Å². The maximum atomic E-state index is 13.5. The van der Waals surface area contributed by atoms with Gasteiger partial charge in [0.25, 0.3) is 0 Å². The number of anilines is 1. The third-order valence-electron chi connectivity index (χ3n) is 6.15. The van der Waals surface area contributed by atoms with Crippen LogP contribution < -0.4 is 9.62 Å². The molecule has 0 fully saturated rings. The summed E-state index contributed by atoms with van der Waals surface area (Å²) in [6.07, 6.45) is 2.69. The average molecular weight is 550 g/mol. The monoisotopic (exact) mass is 549 g/mol. The molecule has 1 N–H and O–H groups in total. The van der Waals surface area contributed by atoms with Crippen molar-refractivity contribution in [3.63, 3.8) is 0 Å². The summed E-state index contributed by atoms with van der Waals surface area (Å²) in [7, 11) is -3.59. The predicted molar refractivity (Wildman–Crippen MR) is 151 cm³/mol. The number of carbonyl (C=O) groups excluding carboxylic acids is 2. The molecule has 2 aromatic rings. The zero-order valence-corrected chi connectivity index (χ0v) is 24.1. The fourth-order valence-corrected chi connectivity index (χ4v) is 5.33. The second-order valence-electron chi connectivity index (χ2n) is 9.76. The molecule has 2 rings (SSSR count). The highest BCUT2D eigenvalue weighted by atomic mass is 35.5. The summed E-state index contributed by atoms with van der Waals surface area (Å²) in [4.78, 5) is 28.1. The summed E-state index contributed by atoms with van der Waals surface area (Å²) >= 11 is 6.13. The molecule has 0 aliphatic heterocycles. The number of hydrogen-bond acceptors (Lipinski definition) is 4. The third-order valence-corrected chi connectivity index (χ3v) is 7.56. The highest BCUT2D eigenvalue weighted by molar-refractivity contribution is 7.92.